The molecule has 0 aromatic heterocycles. The maximum atomic E-state index is 12.9. The van der Waals surface area contributed by atoms with Gasteiger partial charge in [0.05, 0.1) is 9.75 Å². The van der Waals surface area contributed by atoms with Gasteiger partial charge in [-0.2, -0.15) is 0 Å². The Morgan fingerprint density at radius 3 is 1.92 bits per heavy atom. The van der Waals surface area contributed by atoms with Crippen LogP contribution in [0, 0.1) is 0 Å². The zero-order valence-corrected chi connectivity index (χ0v) is 19.8. The minimum Gasteiger partial charge on any atom is -0.330 e. The number of hydrogen-bond acceptors (Lipinski definition) is 2. The third-order valence-corrected chi connectivity index (χ3v) is 6.64. The normalized spacial score (nSPS) is 16.7. The smallest absolute Gasteiger partial charge is 0.286 e. The Kier molecular flexibility index (Phi) is 8.95. The molecule has 7 heteroatoms. The van der Waals surface area contributed by atoms with Crippen LogP contribution in [-0.2, 0) is 5.41 Å². The summed E-state index contributed by atoms with van der Waals surface area (Å²) in [6.45, 7) is 10.6. The van der Waals surface area contributed by atoms with Crippen molar-refractivity contribution in [2.45, 2.75) is 54.7 Å². The van der Waals surface area contributed by atoms with Gasteiger partial charge in [-0.1, -0.05) is 32.9 Å². The van der Waals surface area contributed by atoms with Crippen LogP contribution in [0.1, 0.15) is 40.2 Å². The van der Waals surface area contributed by atoms with E-state index in [-0.39, 0.29) is 22.4 Å². The molecule has 1 aromatic rings. The van der Waals surface area contributed by atoms with Crippen LogP contribution in [0.3, 0.4) is 0 Å². The topological polar surface area (TPSA) is 20.3 Å². The minimum absolute atomic E-state index is 0.0139. The Hall–Kier alpha value is 0.200. The van der Waals surface area contributed by atoms with Crippen molar-refractivity contribution in [3.8, 4) is 0 Å². The second kappa shape index (κ2) is 9.60. The van der Waals surface area contributed by atoms with Crippen molar-refractivity contribution in [2.75, 3.05) is 24.8 Å². The number of carbonyl (C=O) groups excluding carboxylic acids is 1. The summed E-state index contributed by atoms with van der Waals surface area (Å²) < 4.78 is 0. The third kappa shape index (κ3) is 8.06. The first-order valence-corrected chi connectivity index (χ1v) is 11.0. The molecule has 0 heterocycles. The third-order valence-electron chi connectivity index (χ3n) is 3.76. The Morgan fingerprint density at radius 1 is 1.00 bits per heavy atom. The van der Waals surface area contributed by atoms with Gasteiger partial charge in [-0.05, 0) is 48.7 Å². The van der Waals surface area contributed by atoms with Crippen LogP contribution in [0.25, 0.3) is 0 Å². The maximum Gasteiger partial charge on any atom is 0.286 e. The molecular weight excluding hydrogens is 432 g/mol. The molecule has 1 amide bonds. The van der Waals surface area contributed by atoms with Crippen LogP contribution >= 0.6 is 58.2 Å². The lowest BCUT2D eigenvalue weighted by atomic mass is 9.87. The summed E-state index contributed by atoms with van der Waals surface area (Å²) in [4.78, 5) is 14.0. The highest BCUT2D eigenvalue weighted by Crippen LogP contribution is 2.31. The summed E-state index contributed by atoms with van der Waals surface area (Å²) in [7, 11) is 0. The first kappa shape index (κ1) is 24.2. The van der Waals surface area contributed by atoms with Gasteiger partial charge in [-0.3, -0.25) is 4.79 Å². The van der Waals surface area contributed by atoms with Gasteiger partial charge in [0.1, 0.15) is 0 Å². The lowest BCUT2D eigenvalue weighted by Gasteiger charge is -2.34. The summed E-state index contributed by atoms with van der Waals surface area (Å²) in [5.41, 5.74) is 1.19. The fraction of sp³-hybridized carbons (Fsp3) is 0.632. The summed E-state index contributed by atoms with van der Waals surface area (Å²) in [6, 6.07) is 8.01. The van der Waals surface area contributed by atoms with Crippen LogP contribution in [-0.4, -0.2) is 44.7 Å². The summed E-state index contributed by atoms with van der Waals surface area (Å²) in [6.07, 6.45) is 0. The van der Waals surface area contributed by atoms with Crippen LogP contribution in [0.5, 0.6) is 0 Å². The van der Waals surface area contributed by atoms with E-state index in [1.54, 1.807) is 18.7 Å². The number of alkyl halides is 4. The molecule has 148 valence electrons. The van der Waals surface area contributed by atoms with Crippen molar-refractivity contribution >= 4 is 63.4 Å². The van der Waals surface area contributed by atoms with Gasteiger partial charge in [-0.25, -0.2) is 0 Å². The van der Waals surface area contributed by atoms with Crippen molar-refractivity contribution in [2.24, 2.45) is 0 Å². The highest BCUT2D eigenvalue weighted by Gasteiger charge is 2.32. The minimum atomic E-state index is -0.732. The number of amides is 1. The quantitative estimate of drug-likeness (QED) is 0.324. The molecule has 1 rings (SSSR count). The molecule has 0 saturated heterocycles. The van der Waals surface area contributed by atoms with E-state index in [0.29, 0.717) is 13.1 Å². The Labute approximate surface area is 181 Å². The van der Waals surface area contributed by atoms with E-state index in [1.165, 1.54) is 17.3 Å². The highest BCUT2D eigenvalue weighted by atomic mass is 35.5. The van der Waals surface area contributed by atoms with Gasteiger partial charge in [0.2, 0.25) is 0 Å². The van der Waals surface area contributed by atoms with Gasteiger partial charge >= 0.3 is 0 Å². The second-order valence-electron chi connectivity index (χ2n) is 8.10. The first-order chi connectivity index (χ1) is 11.8. The number of nitrogens with zero attached hydrogens (tertiary/aromatic N) is 1. The molecule has 0 spiro atoms. The van der Waals surface area contributed by atoms with Crippen molar-refractivity contribution in [3.05, 3.63) is 29.8 Å². The molecule has 1 aromatic carbocycles. The van der Waals surface area contributed by atoms with Crippen LogP contribution in [0.4, 0.5) is 4.79 Å². The van der Waals surface area contributed by atoms with Crippen molar-refractivity contribution < 1.29 is 4.79 Å². The molecule has 26 heavy (non-hydrogen) atoms. The molecule has 0 fully saturated rings. The van der Waals surface area contributed by atoms with Gasteiger partial charge < -0.3 is 4.90 Å². The number of rotatable bonds is 7. The molecule has 0 aliphatic carbocycles. The van der Waals surface area contributed by atoms with E-state index in [4.69, 9.17) is 46.4 Å². The largest absolute Gasteiger partial charge is 0.330 e. The van der Waals surface area contributed by atoms with Gasteiger partial charge in [0.15, 0.2) is 0 Å². The number of hydrogen-bond donors (Lipinski definition) is 0. The molecule has 2 unspecified atom stereocenters. The van der Waals surface area contributed by atoms with Crippen LogP contribution in [0.2, 0.25) is 0 Å². The lowest BCUT2D eigenvalue weighted by molar-refractivity contribution is 0.213. The second-order valence-corrected chi connectivity index (χ2v) is 11.5. The SMILES string of the molecule is CC(Cl)(CCl)CN(CC(C)(Cl)CCl)C(=O)Sc1cccc(C(C)(C)C)c1. The zero-order valence-electron chi connectivity index (χ0n) is 15.9. The van der Waals surface area contributed by atoms with Gasteiger partial charge in [0.25, 0.3) is 5.24 Å². The average molecular weight is 459 g/mol. The Morgan fingerprint density at radius 2 is 1.50 bits per heavy atom. The van der Waals surface area contributed by atoms with Gasteiger partial charge in [-0.15, -0.1) is 46.4 Å². The monoisotopic (exact) mass is 457 g/mol. The molecule has 0 aliphatic heterocycles. The summed E-state index contributed by atoms with van der Waals surface area (Å²) in [5, 5.41) is -0.120. The van der Waals surface area contributed by atoms with E-state index in [2.05, 4.69) is 26.8 Å². The number of carbonyl (C=O) groups is 1. The molecular formula is C19H27Cl4NOS. The highest BCUT2D eigenvalue weighted by molar-refractivity contribution is 8.13. The number of thioether (sulfide) groups is 1. The Bertz CT molecular complexity index is 596. The summed E-state index contributed by atoms with van der Waals surface area (Å²) in [5.74, 6) is 0.449. The van der Waals surface area contributed by atoms with Crippen molar-refractivity contribution in [1.82, 2.24) is 4.90 Å². The van der Waals surface area contributed by atoms with Crippen molar-refractivity contribution in [3.63, 3.8) is 0 Å². The first-order valence-electron chi connectivity index (χ1n) is 8.37. The van der Waals surface area contributed by atoms with Gasteiger partial charge in [0, 0.05) is 29.7 Å². The summed E-state index contributed by atoms with van der Waals surface area (Å²) >= 11 is 25.9. The van der Waals surface area contributed by atoms with Crippen LogP contribution < -0.4 is 0 Å². The molecule has 2 atom stereocenters. The molecule has 0 radical (unpaired) electrons. The van der Waals surface area contributed by atoms with E-state index in [0.717, 1.165) is 4.90 Å². The number of benzene rings is 1. The molecule has 2 nitrogen and oxygen atoms in total. The molecule has 0 bridgehead atoms. The zero-order chi connectivity index (χ0) is 20.2. The standard InChI is InChI=1S/C19H27Cl4NOS/c1-17(2,3)14-7-6-8-15(9-14)26-16(25)24(12-18(4,22)10-20)13-19(5,23)11-21/h6-9H,10-13H2,1-5H3. The fourth-order valence-corrected chi connectivity index (χ4v) is 3.51. The van der Waals surface area contributed by atoms with Crippen molar-refractivity contribution in [1.29, 1.82) is 0 Å². The predicted molar refractivity (Wildman–Crippen MR) is 118 cm³/mol. The maximum absolute atomic E-state index is 12.9. The van der Waals surface area contributed by atoms with Crippen LogP contribution in [0.15, 0.2) is 29.2 Å². The van der Waals surface area contributed by atoms with E-state index >= 15 is 0 Å². The van der Waals surface area contributed by atoms with E-state index in [9.17, 15) is 4.79 Å². The van der Waals surface area contributed by atoms with E-state index in [1.807, 2.05) is 18.2 Å². The molecule has 0 N–H and O–H groups in total. The van der Waals surface area contributed by atoms with E-state index < -0.39 is 9.75 Å². The predicted octanol–water partition coefficient (Wildman–Crippen LogP) is 6.97. The molecule has 0 saturated carbocycles. The Balaban J connectivity index is 3.01. The lowest BCUT2D eigenvalue weighted by Crippen LogP contribution is -2.46. The fourth-order valence-electron chi connectivity index (χ4n) is 2.26. The average Bonchev–Trinajstić information content (AvgIpc) is 2.53. The number of halogens is 4. The molecule has 0 aliphatic rings.